The highest BCUT2D eigenvalue weighted by atomic mass is 16.7. The minimum absolute atomic E-state index is 0.0458. The predicted molar refractivity (Wildman–Crippen MR) is 87.3 cm³/mol. The van der Waals surface area contributed by atoms with Crippen molar-refractivity contribution in [2.45, 2.75) is 36.8 Å². The van der Waals surface area contributed by atoms with E-state index in [2.05, 4.69) is 0 Å². The quantitative estimate of drug-likeness (QED) is 0.815. The number of para-hydroxylation sites is 1. The zero-order valence-electron chi connectivity index (χ0n) is 13.4. The van der Waals surface area contributed by atoms with Crippen LogP contribution < -0.4 is 4.74 Å². The summed E-state index contributed by atoms with van der Waals surface area (Å²) in [5.74, 6) is 0.934. The molecule has 0 amide bonds. The van der Waals surface area contributed by atoms with E-state index in [1.165, 1.54) is 0 Å². The fourth-order valence-electron chi connectivity index (χ4n) is 4.04. The van der Waals surface area contributed by atoms with Crippen molar-refractivity contribution < 1.29 is 19.0 Å². The molecule has 0 bridgehead atoms. The van der Waals surface area contributed by atoms with Gasteiger partial charge in [-0.2, -0.15) is 0 Å². The summed E-state index contributed by atoms with van der Waals surface area (Å²) in [6.07, 6.45) is 1.37. The van der Waals surface area contributed by atoms with Crippen LogP contribution in [0.15, 0.2) is 48.5 Å². The molecule has 0 saturated carbocycles. The van der Waals surface area contributed by atoms with Gasteiger partial charge in [-0.05, 0) is 24.5 Å². The molecule has 2 aliphatic heterocycles. The van der Waals surface area contributed by atoms with Gasteiger partial charge >= 0.3 is 0 Å². The van der Waals surface area contributed by atoms with Gasteiger partial charge in [0, 0.05) is 11.1 Å². The molecule has 3 aliphatic rings. The normalized spacial score (nSPS) is 33.2. The maximum absolute atomic E-state index is 12.9. The highest BCUT2D eigenvalue weighted by molar-refractivity contribution is 6.07. The second-order valence-corrected chi connectivity index (χ2v) is 6.68. The molecular formula is C20H18O4. The van der Waals surface area contributed by atoms with Crippen molar-refractivity contribution >= 4 is 5.78 Å². The molecule has 2 saturated heterocycles. The van der Waals surface area contributed by atoms with Crippen molar-refractivity contribution in [3.8, 4) is 5.75 Å². The molecule has 122 valence electrons. The maximum Gasteiger partial charge on any atom is 0.197 e. The van der Waals surface area contributed by atoms with E-state index in [0.717, 1.165) is 35.3 Å². The fourth-order valence-corrected chi connectivity index (χ4v) is 4.04. The summed E-state index contributed by atoms with van der Waals surface area (Å²) in [4.78, 5) is 12.9. The first-order valence-electron chi connectivity index (χ1n) is 8.33. The van der Waals surface area contributed by atoms with Crippen LogP contribution in [0.3, 0.4) is 0 Å². The highest BCUT2D eigenvalue weighted by Gasteiger charge is 2.71. The summed E-state index contributed by atoms with van der Waals surface area (Å²) in [5.41, 5.74) is 2.29. The first-order chi connectivity index (χ1) is 11.7. The van der Waals surface area contributed by atoms with E-state index in [0.29, 0.717) is 0 Å². The summed E-state index contributed by atoms with van der Waals surface area (Å²) >= 11 is 0. The molecule has 2 fully saturated rings. The lowest BCUT2D eigenvalue weighted by Crippen LogP contribution is -2.34. The van der Waals surface area contributed by atoms with E-state index in [9.17, 15) is 4.79 Å². The lowest BCUT2D eigenvalue weighted by atomic mass is 9.79. The van der Waals surface area contributed by atoms with Crippen LogP contribution in [0.5, 0.6) is 5.75 Å². The van der Waals surface area contributed by atoms with Crippen LogP contribution >= 0.6 is 0 Å². The van der Waals surface area contributed by atoms with Gasteiger partial charge in [0.25, 0.3) is 0 Å². The Morgan fingerprint density at radius 3 is 2.79 bits per heavy atom. The van der Waals surface area contributed by atoms with Gasteiger partial charge in [0.15, 0.2) is 11.4 Å². The summed E-state index contributed by atoms with van der Waals surface area (Å²) in [6.45, 7) is 0. The Hall–Kier alpha value is -2.17. The first kappa shape index (κ1) is 14.2. The van der Waals surface area contributed by atoms with E-state index < -0.39 is 5.60 Å². The largest absolute Gasteiger partial charge is 0.496 e. The van der Waals surface area contributed by atoms with Gasteiger partial charge in [0.05, 0.1) is 7.11 Å². The van der Waals surface area contributed by atoms with Gasteiger partial charge in [-0.3, -0.25) is 4.79 Å². The SMILES string of the molecule is COc1ccccc1[C@H]1O[C@@H]1[C@H]1O[C@@]12CCc1ccccc1C2=O. The number of aryl methyl sites for hydroxylation is 1. The minimum Gasteiger partial charge on any atom is -0.496 e. The van der Waals surface area contributed by atoms with Crippen molar-refractivity contribution in [1.29, 1.82) is 0 Å². The van der Waals surface area contributed by atoms with Gasteiger partial charge in [0.2, 0.25) is 0 Å². The van der Waals surface area contributed by atoms with Crippen LogP contribution in [0.4, 0.5) is 0 Å². The Balaban J connectivity index is 1.38. The molecule has 0 aromatic heterocycles. The lowest BCUT2D eigenvalue weighted by Gasteiger charge is -2.20. The third-order valence-electron chi connectivity index (χ3n) is 5.42. The van der Waals surface area contributed by atoms with Crippen LogP contribution in [0.2, 0.25) is 0 Å². The lowest BCUT2D eigenvalue weighted by molar-refractivity contribution is 0.0850. The number of ketones is 1. The Kier molecular flexibility index (Phi) is 2.91. The molecule has 1 spiro atoms. The van der Waals surface area contributed by atoms with Crippen molar-refractivity contribution in [3.63, 3.8) is 0 Å². The zero-order chi connectivity index (χ0) is 16.3. The smallest absolute Gasteiger partial charge is 0.197 e. The Morgan fingerprint density at radius 1 is 1.12 bits per heavy atom. The molecule has 1 aliphatic carbocycles. The Labute approximate surface area is 140 Å². The molecule has 0 radical (unpaired) electrons. The monoisotopic (exact) mass is 322 g/mol. The van der Waals surface area contributed by atoms with Gasteiger partial charge < -0.3 is 14.2 Å². The number of methoxy groups -OCH3 is 1. The Morgan fingerprint density at radius 2 is 1.92 bits per heavy atom. The van der Waals surface area contributed by atoms with Crippen LogP contribution in [0, 0.1) is 0 Å². The summed E-state index contributed by atoms with van der Waals surface area (Å²) in [7, 11) is 1.66. The molecule has 4 nitrogen and oxygen atoms in total. The standard InChI is InChI=1S/C20H18O4/c1-22-15-9-5-4-8-14(15)16-17(23-16)19-20(24-19)11-10-12-6-2-3-7-13(12)18(20)21/h2-9,16-17,19H,10-11H2,1H3/t16-,17+,19-,20-/m1/s1. The van der Waals surface area contributed by atoms with E-state index in [1.54, 1.807) is 7.11 Å². The van der Waals surface area contributed by atoms with E-state index in [4.69, 9.17) is 14.2 Å². The highest BCUT2D eigenvalue weighted by Crippen LogP contribution is 2.57. The first-order valence-corrected chi connectivity index (χ1v) is 8.33. The summed E-state index contributed by atoms with van der Waals surface area (Å²) in [5, 5.41) is 0. The molecular weight excluding hydrogens is 304 g/mol. The third kappa shape index (κ3) is 1.90. The predicted octanol–water partition coefficient (Wildman–Crippen LogP) is 3.10. The molecule has 4 atom stereocenters. The Bertz CT molecular complexity index is 830. The van der Waals surface area contributed by atoms with Crippen LogP contribution in [-0.4, -0.2) is 30.7 Å². The van der Waals surface area contributed by atoms with E-state index in [-0.39, 0.29) is 24.1 Å². The van der Waals surface area contributed by atoms with Gasteiger partial charge in [-0.25, -0.2) is 0 Å². The number of Topliss-reactive ketones (excluding diaryl/α,β-unsaturated/α-hetero) is 1. The van der Waals surface area contributed by atoms with Crippen LogP contribution in [-0.2, 0) is 15.9 Å². The minimum atomic E-state index is -0.671. The molecule has 0 N–H and O–H groups in total. The number of carbonyl (C=O) groups excluding carboxylic acids is 1. The fraction of sp³-hybridized carbons (Fsp3) is 0.350. The zero-order valence-corrected chi connectivity index (χ0v) is 13.4. The van der Waals surface area contributed by atoms with Crippen molar-refractivity contribution in [2.24, 2.45) is 0 Å². The van der Waals surface area contributed by atoms with Crippen LogP contribution in [0.1, 0.15) is 34.0 Å². The van der Waals surface area contributed by atoms with E-state index >= 15 is 0 Å². The van der Waals surface area contributed by atoms with Gasteiger partial charge in [0.1, 0.15) is 24.1 Å². The third-order valence-corrected chi connectivity index (χ3v) is 5.42. The number of rotatable bonds is 3. The van der Waals surface area contributed by atoms with Crippen LogP contribution in [0.25, 0.3) is 0 Å². The number of carbonyl (C=O) groups is 1. The molecule has 4 heteroatoms. The van der Waals surface area contributed by atoms with Gasteiger partial charge in [-0.15, -0.1) is 0 Å². The maximum atomic E-state index is 12.9. The summed E-state index contributed by atoms with van der Waals surface area (Å²) < 4.78 is 17.2. The average molecular weight is 322 g/mol. The summed E-state index contributed by atoms with van der Waals surface area (Å²) in [6, 6.07) is 15.7. The average Bonchev–Trinajstić information content (AvgIpc) is 3.53. The number of ether oxygens (including phenoxy) is 3. The molecule has 24 heavy (non-hydrogen) atoms. The van der Waals surface area contributed by atoms with Crippen molar-refractivity contribution in [3.05, 3.63) is 65.2 Å². The number of benzene rings is 2. The van der Waals surface area contributed by atoms with E-state index in [1.807, 2.05) is 48.5 Å². The molecule has 0 unspecified atom stereocenters. The second-order valence-electron chi connectivity index (χ2n) is 6.68. The number of fused-ring (bicyclic) bond motifs is 1. The van der Waals surface area contributed by atoms with Gasteiger partial charge in [-0.1, -0.05) is 42.5 Å². The number of epoxide rings is 2. The van der Waals surface area contributed by atoms with Crippen molar-refractivity contribution in [1.82, 2.24) is 0 Å². The molecule has 2 heterocycles. The number of hydrogen-bond donors (Lipinski definition) is 0. The topological polar surface area (TPSA) is 51.4 Å². The molecule has 2 aromatic rings. The molecule has 5 rings (SSSR count). The van der Waals surface area contributed by atoms with Crippen molar-refractivity contribution in [2.75, 3.05) is 7.11 Å². The second kappa shape index (κ2) is 4.91. The molecule has 2 aromatic carbocycles. The number of hydrogen-bond acceptors (Lipinski definition) is 4.